The highest BCUT2D eigenvalue weighted by Crippen LogP contribution is 2.57. The van der Waals surface area contributed by atoms with Gasteiger partial charge in [-0.05, 0) is 30.5 Å². The number of ether oxygens (including phenoxy) is 1. The maximum atomic E-state index is 6.77. The highest BCUT2D eigenvalue weighted by atomic mass is 35.5. The first-order valence-corrected chi connectivity index (χ1v) is 7.97. The summed E-state index contributed by atoms with van der Waals surface area (Å²) in [5, 5.41) is 1.15. The Kier molecular flexibility index (Phi) is 3.83. The molecule has 1 unspecified atom stereocenters. The van der Waals surface area contributed by atoms with Gasteiger partial charge in [0.05, 0.1) is 17.7 Å². The number of aromatic nitrogens is 2. The third-order valence-electron chi connectivity index (χ3n) is 4.36. The summed E-state index contributed by atoms with van der Waals surface area (Å²) >= 11 is 18.7. The lowest BCUT2D eigenvalue weighted by molar-refractivity contribution is 0.0614. The predicted molar refractivity (Wildman–Crippen MR) is 86.1 cm³/mol. The summed E-state index contributed by atoms with van der Waals surface area (Å²) in [6.45, 7) is 0.627. The minimum Gasteiger partial charge on any atom is -0.483 e. The molecule has 1 saturated carbocycles. The SMILES string of the molecule is Clc1ccc2c(c1)OC(Cn1cnc(Cl)c1)(C1(Cl)CC1)C2.F. The summed E-state index contributed by atoms with van der Waals surface area (Å²) in [6, 6.07) is 5.77. The highest BCUT2D eigenvalue weighted by molar-refractivity contribution is 6.30. The minimum absolute atomic E-state index is 0. The van der Waals surface area contributed by atoms with Crippen LogP contribution in [-0.4, -0.2) is 20.0 Å². The molecule has 2 aliphatic rings. The van der Waals surface area contributed by atoms with E-state index in [0.717, 1.165) is 30.6 Å². The van der Waals surface area contributed by atoms with Crippen LogP contribution < -0.4 is 4.74 Å². The molecule has 118 valence electrons. The molecule has 3 nitrogen and oxygen atoms in total. The molecule has 4 rings (SSSR count). The van der Waals surface area contributed by atoms with Crippen LogP contribution in [-0.2, 0) is 13.0 Å². The van der Waals surface area contributed by atoms with Crippen molar-refractivity contribution in [3.05, 3.63) is 46.5 Å². The topological polar surface area (TPSA) is 27.1 Å². The molecule has 0 bridgehead atoms. The zero-order chi connectivity index (χ0) is 14.7. The maximum absolute atomic E-state index is 6.77. The van der Waals surface area contributed by atoms with Gasteiger partial charge in [0, 0.05) is 17.6 Å². The number of nitrogens with zero attached hydrogens (tertiary/aromatic N) is 2. The molecule has 1 aliphatic heterocycles. The number of hydrogen-bond acceptors (Lipinski definition) is 2. The van der Waals surface area contributed by atoms with Crippen LogP contribution in [0.15, 0.2) is 30.7 Å². The van der Waals surface area contributed by atoms with Crippen LogP contribution in [0.3, 0.4) is 0 Å². The van der Waals surface area contributed by atoms with E-state index >= 15 is 0 Å². The zero-order valence-electron chi connectivity index (χ0n) is 11.6. The molecule has 1 aromatic heterocycles. The van der Waals surface area contributed by atoms with E-state index in [2.05, 4.69) is 4.98 Å². The molecule has 0 N–H and O–H groups in total. The van der Waals surface area contributed by atoms with Crippen LogP contribution in [0.1, 0.15) is 18.4 Å². The second-order valence-electron chi connectivity index (χ2n) is 5.86. The van der Waals surface area contributed by atoms with Crippen molar-refractivity contribution in [1.82, 2.24) is 9.55 Å². The molecule has 0 spiro atoms. The van der Waals surface area contributed by atoms with Gasteiger partial charge in [0.25, 0.3) is 0 Å². The second kappa shape index (κ2) is 5.29. The van der Waals surface area contributed by atoms with E-state index in [1.54, 1.807) is 12.5 Å². The minimum atomic E-state index is -0.467. The van der Waals surface area contributed by atoms with Crippen LogP contribution in [0.5, 0.6) is 5.75 Å². The summed E-state index contributed by atoms with van der Waals surface area (Å²) in [5.41, 5.74) is 0.684. The Morgan fingerprint density at radius 1 is 1.27 bits per heavy atom. The first-order valence-electron chi connectivity index (χ1n) is 6.83. The van der Waals surface area contributed by atoms with E-state index in [1.807, 2.05) is 22.8 Å². The number of benzene rings is 1. The van der Waals surface area contributed by atoms with Crippen LogP contribution in [0, 0.1) is 0 Å². The van der Waals surface area contributed by atoms with Crippen molar-refractivity contribution < 1.29 is 9.44 Å². The van der Waals surface area contributed by atoms with Crippen molar-refractivity contribution in [2.24, 2.45) is 0 Å². The van der Waals surface area contributed by atoms with Gasteiger partial charge in [-0.15, -0.1) is 11.6 Å². The van der Waals surface area contributed by atoms with Gasteiger partial charge in [0.1, 0.15) is 16.5 Å². The van der Waals surface area contributed by atoms with Gasteiger partial charge in [-0.2, -0.15) is 0 Å². The standard InChI is InChI=1S/C15H13Cl3N2O.FH/c16-11-2-1-10-6-15(14(18)3-4-14,21-12(10)5-11)8-20-7-13(17)19-9-20;/h1-2,5,7,9H,3-4,6,8H2;1H. The summed E-state index contributed by atoms with van der Waals surface area (Å²) < 4.78 is 8.25. The summed E-state index contributed by atoms with van der Waals surface area (Å²) in [4.78, 5) is 3.74. The van der Waals surface area contributed by atoms with Gasteiger partial charge in [-0.3, -0.25) is 4.70 Å². The Balaban J connectivity index is 0.00000144. The average Bonchev–Trinajstić information content (AvgIpc) is 2.91. The molecule has 1 aliphatic carbocycles. The van der Waals surface area contributed by atoms with Gasteiger partial charge in [0.2, 0.25) is 0 Å². The lowest BCUT2D eigenvalue weighted by atomic mass is 9.91. The fourth-order valence-electron chi connectivity index (χ4n) is 3.08. The smallest absolute Gasteiger partial charge is 0.150 e. The maximum Gasteiger partial charge on any atom is 0.150 e. The van der Waals surface area contributed by atoms with Crippen molar-refractivity contribution >= 4 is 34.8 Å². The monoisotopic (exact) mass is 362 g/mol. The molecule has 0 amide bonds. The van der Waals surface area contributed by atoms with Crippen LogP contribution in [0.2, 0.25) is 10.2 Å². The van der Waals surface area contributed by atoms with Crippen LogP contribution >= 0.6 is 34.8 Å². The van der Waals surface area contributed by atoms with Gasteiger partial charge in [-0.1, -0.05) is 29.3 Å². The number of fused-ring (bicyclic) bond motifs is 1. The van der Waals surface area contributed by atoms with Crippen molar-refractivity contribution in [3.63, 3.8) is 0 Å². The summed E-state index contributed by atoms with van der Waals surface area (Å²) in [5.74, 6) is 0.834. The molecule has 2 heterocycles. The van der Waals surface area contributed by atoms with Gasteiger partial charge >= 0.3 is 0 Å². The number of halogens is 4. The third kappa shape index (κ3) is 2.47. The van der Waals surface area contributed by atoms with E-state index in [9.17, 15) is 0 Å². The average molecular weight is 364 g/mol. The molecule has 1 aromatic carbocycles. The lowest BCUT2D eigenvalue weighted by Gasteiger charge is -2.34. The first-order chi connectivity index (χ1) is 10.00. The van der Waals surface area contributed by atoms with Crippen LogP contribution in [0.25, 0.3) is 0 Å². The number of rotatable bonds is 3. The number of imidazole rings is 1. The third-order valence-corrected chi connectivity index (χ3v) is 5.51. The Labute approximate surface area is 142 Å². The van der Waals surface area contributed by atoms with Crippen molar-refractivity contribution in [2.45, 2.75) is 36.3 Å². The Morgan fingerprint density at radius 3 is 2.68 bits per heavy atom. The molecule has 22 heavy (non-hydrogen) atoms. The molecule has 0 saturated heterocycles. The molecular formula is C15H14Cl3FN2O. The van der Waals surface area contributed by atoms with Crippen molar-refractivity contribution in [3.8, 4) is 5.75 Å². The predicted octanol–water partition coefficient (Wildman–Crippen LogP) is 4.49. The van der Waals surface area contributed by atoms with Gasteiger partial charge < -0.3 is 9.30 Å². The van der Waals surface area contributed by atoms with E-state index in [-0.39, 0.29) is 9.58 Å². The van der Waals surface area contributed by atoms with E-state index in [1.165, 1.54) is 0 Å². The molecule has 1 fully saturated rings. The lowest BCUT2D eigenvalue weighted by Crippen LogP contribution is -2.49. The van der Waals surface area contributed by atoms with Gasteiger partial charge in [-0.25, -0.2) is 4.98 Å². The molecular weight excluding hydrogens is 350 g/mol. The number of alkyl halides is 1. The Bertz CT molecular complexity index is 713. The number of hydrogen-bond donors (Lipinski definition) is 0. The summed E-state index contributed by atoms with van der Waals surface area (Å²) in [6.07, 6.45) is 6.20. The fourth-order valence-corrected chi connectivity index (χ4v) is 3.67. The molecule has 7 heteroatoms. The molecule has 0 radical (unpaired) electrons. The van der Waals surface area contributed by atoms with Crippen molar-refractivity contribution in [1.29, 1.82) is 0 Å². The second-order valence-corrected chi connectivity index (χ2v) is 7.41. The fraction of sp³-hybridized carbons (Fsp3) is 0.400. The van der Waals surface area contributed by atoms with Crippen LogP contribution in [0.4, 0.5) is 4.70 Å². The quantitative estimate of drug-likeness (QED) is 0.751. The van der Waals surface area contributed by atoms with Gasteiger partial charge in [0.15, 0.2) is 0 Å². The molecule has 1 atom stereocenters. The zero-order valence-corrected chi connectivity index (χ0v) is 13.8. The van der Waals surface area contributed by atoms with E-state index < -0.39 is 5.60 Å². The highest BCUT2D eigenvalue weighted by Gasteiger charge is 2.62. The van der Waals surface area contributed by atoms with E-state index in [0.29, 0.717) is 16.7 Å². The largest absolute Gasteiger partial charge is 0.483 e. The van der Waals surface area contributed by atoms with E-state index in [4.69, 9.17) is 39.5 Å². The van der Waals surface area contributed by atoms with Crippen molar-refractivity contribution in [2.75, 3.05) is 0 Å². The molecule has 2 aromatic rings. The normalized spacial score (nSPS) is 24.3. The Hall–Kier alpha value is -0.970. The summed E-state index contributed by atoms with van der Waals surface area (Å²) in [7, 11) is 0. The first kappa shape index (κ1) is 15.9. The Morgan fingerprint density at radius 2 is 2.05 bits per heavy atom.